The minimum absolute atomic E-state index is 0.0792. The topological polar surface area (TPSA) is 36.4 Å². The highest BCUT2D eigenvalue weighted by Gasteiger charge is 2.21. The van der Waals surface area contributed by atoms with Crippen molar-refractivity contribution >= 4 is 56.0 Å². The maximum absolute atomic E-state index is 13.2. The highest BCUT2D eigenvalue weighted by molar-refractivity contribution is 8.00. The van der Waals surface area contributed by atoms with Gasteiger partial charge in [-0.2, -0.15) is 0 Å². The first-order valence-corrected chi connectivity index (χ1v) is 12.4. The van der Waals surface area contributed by atoms with Gasteiger partial charge in [0.2, 0.25) is 5.91 Å². The van der Waals surface area contributed by atoms with E-state index in [4.69, 9.17) is 16.6 Å². The molecule has 0 aliphatic rings. The van der Waals surface area contributed by atoms with Crippen molar-refractivity contribution in [2.45, 2.75) is 32.6 Å². The third kappa shape index (κ3) is 5.55. The Morgan fingerprint density at radius 3 is 2.43 bits per heavy atom. The number of likely N-dealkylation sites (N-methyl/N-ethyl adjacent to an activating group) is 1. The summed E-state index contributed by atoms with van der Waals surface area (Å²) in [7, 11) is 0. The van der Waals surface area contributed by atoms with Crippen molar-refractivity contribution in [1.29, 1.82) is 0 Å². The predicted octanol–water partition coefficient (Wildman–Crippen LogP) is 6.03. The number of anilines is 1. The highest BCUT2D eigenvalue weighted by atomic mass is 35.5. The Labute approximate surface area is 192 Å². The van der Waals surface area contributed by atoms with Crippen LogP contribution in [0.1, 0.15) is 25.0 Å². The van der Waals surface area contributed by atoms with Gasteiger partial charge >= 0.3 is 0 Å². The van der Waals surface area contributed by atoms with E-state index < -0.39 is 0 Å². The fraction of sp³-hybridized carbons (Fsp3) is 0.391. The number of aromatic nitrogens is 1. The molecule has 30 heavy (non-hydrogen) atoms. The molecule has 3 rings (SSSR count). The van der Waals surface area contributed by atoms with E-state index in [9.17, 15) is 4.79 Å². The van der Waals surface area contributed by atoms with Crippen LogP contribution in [0.15, 0.2) is 41.3 Å². The van der Waals surface area contributed by atoms with Crippen LogP contribution in [-0.2, 0) is 4.79 Å². The third-order valence-electron chi connectivity index (χ3n) is 5.32. The molecule has 3 aromatic rings. The molecular formula is C23H28ClN3OS2. The van der Waals surface area contributed by atoms with E-state index >= 15 is 0 Å². The molecular weight excluding hydrogens is 434 g/mol. The minimum atomic E-state index is 0.0792. The smallest absolute Gasteiger partial charge is 0.239 e. The van der Waals surface area contributed by atoms with E-state index in [1.54, 1.807) is 11.3 Å². The van der Waals surface area contributed by atoms with Gasteiger partial charge in [-0.05, 0) is 68.4 Å². The Balaban J connectivity index is 1.83. The lowest BCUT2D eigenvalue weighted by molar-refractivity contribution is -0.116. The molecule has 0 N–H and O–H groups in total. The summed E-state index contributed by atoms with van der Waals surface area (Å²) < 4.78 is 1.12. The Morgan fingerprint density at radius 1 is 1.07 bits per heavy atom. The SMILES string of the molecule is CCN(CC)CCN(C(=O)CSc1ccc(Cl)cc1)c1nc2c(C)c(C)ccc2s1. The number of carbonyl (C=O) groups excluding carboxylic acids is 1. The van der Waals surface area contributed by atoms with Gasteiger partial charge in [-0.1, -0.05) is 42.9 Å². The number of aryl methyl sites for hydroxylation is 2. The molecule has 0 saturated heterocycles. The molecule has 1 aromatic heterocycles. The summed E-state index contributed by atoms with van der Waals surface area (Å²) in [5.74, 6) is 0.448. The van der Waals surface area contributed by atoms with E-state index in [0.29, 0.717) is 17.3 Å². The first-order valence-electron chi connectivity index (χ1n) is 10.2. The second kappa shape index (κ2) is 10.6. The standard InChI is InChI=1S/C23H28ClN3OS2/c1-5-26(6-2)13-14-27(21(28)15-29-19-10-8-18(24)9-11-19)23-25-22-17(4)16(3)7-12-20(22)30-23/h7-12H,5-6,13-15H2,1-4H3. The lowest BCUT2D eigenvalue weighted by Crippen LogP contribution is -2.39. The van der Waals surface area contributed by atoms with Gasteiger partial charge in [0.05, 0.1) is 16.0 Å². The Bertz CT molecular complexity index is 1000. The molecule has 0 spiro atoms. The molecule has 7 heteroatoms. The predicted molar refractivity (Wildman–Crippen MR) is 131 cm³/mol. The number of thioether (sulfide) groups is 1. The molecule has 0 aliphatic heterocycles. The lowest BCUT2D eigenvalue weighted by Gasteiger charge is -2.24. The molecule has 0 fully saturated rings. The number of rotatable bonds is 9. The lowest BCUT2D eigenvalue weighted by atomic mass is 10.1. The molecule has 160 valence electrons. The van der Waals surface area contributed by atoms with Crippen LogP contribution in [0.2, 0.25) is 5.02 Å². The van der Waals surface area contributed by atoms with Crippen molar-refractivity contribution in [3.8, 4) is 0 Å². The summed E-state index contributed by atoms with van der Waals surface area (Å²) in [6, 6.07) is 11.8. The number of fused-ring (bicyclic) bond motifs is 1. The molecule has 0 radical (unpaired) electrons. The van der Waals surface area contributed by atoms with Gasteiger partial charge < -0.3 is 4.90 Å². The fourth-order valence-electron chi connectivity index (χ4n) is 3.19. The van der Waals surface area contributed by atoms with Gasteiger partial charge in [0, 0.05) is 23.0 Å². The van der Waals surface area contributed by atoms with E-state index in [1.165, 1.54) is 22.9 Å². The number of hydrogen-bond acceptors (Lipinski definition) is 5. The molecule has 0 aliphatic carbocycles. The van der Waals surface area contributed by atoms with Crippen LogP contribution in [0.5, 0.6) is 0 Å². The van der Waals surface area contributed by atoms with Crippen molar-refractivity contribution < 1.29 is 4.79 Å². The van der Waals surface area contributed by atoms with Gasteiger partial charge in [-0.3, -0.25) is 9.69 Å². The summed E-state index contributed by atoms with van der Waals surface area (Å²) in [6.07, 6.45) is 0. The average molecular weight is 462 g/mol. The number of thiazole rings is 1. The quantitative estimate of drug-likeness (QED) is 0.364. The number of hydrogen-bond donors (Lipinski definition) is 0. The van der Waals surface area contributed by atoms with E-state index in [2.05, 4.69) is 44.7 Å². The summed E-state index contributed by atoms with van der Waals surface area (Å²) >= 11 is 9.10. The maximum atomic E-state index is 13.2. The molecule has 0 saturated carbocycles. The number of carbonyl (C=O) groups is 1. The first kappa shape index (κ1) is 23.1. The van der Waals surface area contributed by atoms with Crippen molar-refractivity contribution in [2.75, 3.05) is 36.8 Å². The monoisotopic (exact) mass is 461 g/mol. The van der Waals surface area contributed by atoms with E-state index in [0.717, 1.165) is 39.9 Å². The van der Waals surface area contributed by atoms with Crippen molar-refractivity contribution in [2.24, 2.45) is 0 Å². The molecule has 0 bridgehead atoms. The summed E-state index contributed by atoms with van der Waals surface area (Å²) in [5, 5.41) is 1.49. The number of benzene rings is 2. The van der Waals surface area contributed by atoms with Gasteiger partial charge in [0.1, 0.15) is 0 Å². The fourth-order valence-corrected chi connectivity index (χ4v) is 5.16. The van der Waals surface area contributed by atoms with Crippen LogP contribution in [-0.4, -0.2) is 47.7 Å². The normalized spacial score (nSPS) is 11.4. The molecule has 1 heterocycles. The van der Waals surface area contributed by atoms with Crippen LogP contribution in [0.4, 0.5) is 5.13 Å². The Morgan fingerprint density at radius 2 is 1.77 bits per heavy atom. The molecule has 0 unspecified atom stereocenters. The molecule has 1 amide bonds. The summed E-state index contributed by atoms with van der Waals surface area (Å²) in [5.41, 5.74) is 3.40. The minimum Gasteiger partial charge on any atom is -0.302 e. The highest BCUT2D eigenvalue weighted by Crippen LogP contribution is 2.32. The number of amides is 1. The number of halogens is 1. The molecule has 0 atom stereocenters. The Kier molecular flexibility index (Phi) is 8.17. The van der Waals surface area contributed by atoms with Gasteiger partial charge in [-0.15, -0.1) is 11.8 Å². The van der Waals surface area contributed by atoms with Crippen LogP contribution < -0.4 is 4.90 Å². The van der Waals surface area contributed by atoms with Crippen LogP contribution in [0, 0.1) is 13.8 Å². The van der Waals surface area contributed by atoms with Crippen molar-refractivity contribution in [3.05, 3.63) is 52.5 Å². The zero-order valence-corrected chi connectivity index (χ0v) is 20.3. The van der Waals surface area contributed by atoms with Gasteiger partial charge in [-0.25, -0.2) is 4.98 Å². The van der Waals surface area contributed by atoms with Crippen LogP contribution in [0.3, 0.4) is 0 Å². The van der Waals surface area contributed by atoms with E-state index in [-0.39, 0.29) is 5.91 Å². The zero-order chi connectivity index (χ0) is 21.7. The van der Waals surface area contributed by atoms with Crippen LogP contribution >= 0.6 is 34.7 Å². The third-order valence-corrected chi connectivity index (χ3v) is 7.61. The molecule has 2 aromatic carbocycles. The number of nitrogens with zero attached hydrogens (tertiary/aromatic N) is 3. The Hall–Kier alpha value is -1.60. The second-order valence-corrected chi connectivity index (χ2v) is 9.66. The maximum Gasteiger partial charge on any atom is 0.239 e. The molecule has 4 nitrogen and oxygen atoms in total. The van der Waals surface area contributed by atoms with E-state index in [1.807, 2.05) is 29.2 Å². The van der Waals surface area contributed by atoms with Crippen molar-refractivity contribution in [3.63, 3.8) is 0 Å². The zero-order valence-electron chi connectivity index (χ0n) is 17.9. The summed E-state index contributed by atoms with van der Waals surface area (Å²) in [6.45, 7) is 11.9. The first-order chi connectivity index (χ1) is 14.4. The van der Waals surface area contributed by atoms with Gasteiger partial charge in [0.25, 0.3) is 0 Å². The largest absolute Gasteiger partial charge is 0.302 e. The van der Waals surface area contributed by atoms with Gasteiger partial charge in [0.15, 0.2) is 5.13 Å². The second-order valence-electron chi connectivity index (χ2n) is 7.17. The average Bonchev–Trinajstić information content (AvgIpc) is 3.18. The van der Waals surface area contributed by atoms with Crippen molar-refractivity contribution in [1.82, 2.24) is 9.88 Å². The summed E-state index contributed by atoms with van der Waals surface area (Å²) in [4.78, 5) is 23.3. The van der Waals surface area contributed by atoms with Crippen LogP contribution in [0.25, 0.3) is 10.2 Å².